The number of hydrogen-bond donors (Lipinski definition) is 0. The van der Waals surface area contributed by atoms with Gasteiger partial charge in [-0.25, -0.2) is 0 Å². The first-order chi connectivity index (χ1) is 12.2. The SMILES string of the molecule is CN1CCC(COCc2cccnc2)CC12CN(Cc1ccsc1)C2. The van der Waals surface area contributed by atoms with Gasteiger partial charge in [0, 0.05) is 44.2 Å². The molecule has 1 atom stereocenters. The van der Waals surface area contributed by atoms with E-state index < -0.39 is 0 Å². The predicted molar refractivity (Wildman–Crippen MR) is 102 cm³/mol. The number of ether oxygens (including phenoxy) is 1. The van der Waals surface area contributed by atoms with Crippen molar-refractivity contribution in [2.24, 2.45) is 5.92 Å². The number of rotatable bonds is 6. The van der Waals surface area contributed by atoms with Crippen molar-refractivity contribution >= 4 is 11.3 Å². The smallest absolute Gasteiger partial charge is 0.0731 e. The second-order valence-electron chi connectivity index (χ2n) is 7.66. The fraction of sp³-hybridized carbons (Fsp3) is 0.550. The van der Waals surface area contributed by atoms with Crippen LogP contribution in [0, 0.1) is 5.92 Å². The third-order valence-corrected chi connectivity index (χ3v) is 6.45. The summed E-state index contributed by atoms with van der Waals surface area (Å²) in [4.78, 5) is 9.33. The average Bonchev–Trinajstić information content (AvgIpc) is 3.10. The monoisotopic (exact) mass is 357 g/mol. The first-order valence-corrected chi connectivity index (χ1v) is 10.1. The Morgan fingerprint density at radius 1 is 1.32 bits per heavy atom. The molecule has 2 saturated heterocycles. The second kappa shape index (κ2) is 7.54. The van der Waals surface area contributed by atoms with Crippen LogP contribution in [0.15, 0.2) is 41.4 Å². The maximum absolute atomic E-state index is 6.00. The van der Waals surface area contributed by atoms with Gasteiger partial charge in [0.05, 0.1) is 6.61 Å². The van der Waals surface area contributed by atoms with E-state index in [4.69, 9.17) is 4.74 Å². The van der Waals surface area contributed by atoms with E-state index in [0.29, 0.717) is 18.1 Å². The minimum Gasteiger partial charge on any atom is -0.376 e. The van der Waals surface area contributed by atoms with E-state index in [1.165, 1.54) is 38.0 Å². The summed E-state index contributed by atoms with van der Waals surface area (Å²) in [5.74, 6) is 0.677. The molecule has 4 rings (SSSR count). The highest BCUT2D eigenvalue weighted by atomic mass is 32.1. The minimum absolute atomic E-state index is 0.372. The van der Waals surface area contributed by atoms with Gasteiger partial charge in [-0.15, -0.1) is 0 Å². The van der Waals surface area contributed by atoms with E-state index in [0.717, 1.165) is 18.7 Å². The summed E-state index contributed by atoms with van der Waals surface area (Å²) in [6, 6.07) is 6.30. The van der Waals surface area contributed by atoms with Crippen LogP contribution >= 0.6 is 11.3 Å². The molecule has 0 radical (unpaired) electrons. The van der Waals surface area contributed by atoms with Gasteiger partial charge < -0.3 is 4.74 Å². The van der Waals surface area contributed by atoms with E-state index in [9.17, 15) is 0 Å². The van der Waals surface area contributed by atoms with Crippen molar-refractivity contribution < 1.29 is 4.74 Å². The molecule has 2 aromatic heterocycles. The van der Waals surface area contributed by atoms with Crippen LogP contribution in [0.1, 0.15) is 24.0 Å². The first-order valence-electron chi connectivity index (χ1n) is 9.15. The van der Waals surface area contributed by atoms with Gasteiger partial charge in [-0.2, -0.15) is 11.3 Å². The van der Waals surface area contributed by atoms with Crippen LogP contribution in [0.25, 0.3) is 0 Å². The number of likely N-dealkylation sites (tertiary alicyclic amines) is 2. The molecular formula is C20H27N3OS. The summed E-state index contributed by atoms with van der Waals surface area (Å²) in [6.45, 7) is 6.22. The molecule has 134 valence electrons. The van der Waals surface area contributed by atoms with Gasteiger partial charge in [0.1, 0.15) is 0 Å². The molecule has 1 unspecified atom stereocenters. The lowest BCUT2D eigenvalue weighted by atomic mass is 9.75. The topological polar surface area (TPSA) is 28.6 Å². The highest BCUT2D eigenvalue weighted by molar-refractivity contribution is 7.07. The zero-order valence-corrected chi connectivity index (χ0v) is 15.8. The summed E-state index contributed by atoms with van der Waals surface area (Å²) in [6.07, 6.45) is 6.21. The lowest BCUT2D eigenvalue weighted by Gasteiger charge is -2.58. The molecule has 2 fully saturated rings. The van der Waals surface area contributed by atoms with E-state index >= 15 is 0 Å². The fourth-order valence-electron chi connectivity index (χ4n) is 4.29. The Kier molecular flexibility index (Phi) is 5.17. The molecule has 4 heterocycles. The zero-order valence-electron chi connectivity index (χ0n) is 14.9. The molecule has 2 aliphatic rings. The van der Waals surface area contributed by atoms with Crippen molar-refractivity contribution in [3.63, 3.8) is 0 Å². The van der Waals surface area contributed by atoms with E-state index in [1.54, 1.807) is 11.3 Å². The first kappa shape index (κ1) is 17.2. The molecule has 0 aromatic carbocycles. The van der Waals surface area contributed by atoms with Gasteiger partial charge in [0.15, 0.2) is 0 Å². The van der Waals surface area contributed by atoms with Gasteiger partial charge in [-0.1, -0.05) is 6.07 Å². The quantitative estimate of drug-likeness (QED) is 0.793. The maximum atomic E-state index is 6.00. The van der Waals surface area contributed by atoms with E-state index in [1.807, 2.05) is 18.5 Å². The van der Waals surface area contributed by atoms with Gasteiger partial charge in [0.2, 0.25) is 0 Å². The molecule has 5 heteroatoms. The lowest BCUT2D eigenvalue weighted by Crippen LogP contribution is -2.71. The van der Waals surface area contributed by atoms with Crippen molar-refractivity contribution in [3.05, 3.63) is 52.5 Å². The third-order valence-electron chi connectivity index (χ3n) is 5.72. The van der Waals surface area contributed by atoms with Crippen molar-refractivity contribution in [1.29, 1.82) is 0 Å². The molecule has 0 amide bonds. The second-order valence-corrected chi connectivity index (χ2v) is 8.44. The zero-order chi connectivity index (χ0) is 17.1. The highest BCUT2D eigenvalue weighted by Gasteiger charge is 2.49. The summed E-state index contributed by atoms with van der Waals surface area (Å²) in [7, 11) is 2.30. The van der Waals surface area contributed by atoms with Crippen molar-refractivity contribution in [2.75, 3.05) is 33.3 Å². The van der Waals surface area contributed by atoms with Gasteiger partial charge in [-0.3, -0.25) is 14.8 Å². The Morgan fingerprint density at radius 3 is 3.00 bits per heavy atom. The van der Waals surface area contributed by atoms with Crippen LogP contribution < -0.4 is 0 Å². The Labute approximate surface area is 154 Å². The maximum Gasteiger partial charge on any atom is 0.0731 e. The van der Waals surface area contributed by atoms with E-state index in [-0.39, 0.29) is 0 Å². The molecule has 4 nitrogen and oxygen atoms in total. The Morgan fingerprint density at radius 2 is 2.24 bits per heavy atom. The number of hydrogen-bond acceptors (Lipinski definition) is 5. The normalized spacial score (nSPS) is 23.6. The summed E-state index contributed by atoms with van der Waals surface area (Å²) < 4.78 is 6.00. The Hall–Kier alpha value is -1.27. The number of likely N-dealkylation sites (N-methyl/N-ethyl adjacent to an activating group) is 1. The Bertz CT molecular complexity index is 655. The van der Waals surface area contributed by atoms with E-state index in [2.05, 4.69) is 44.7 Å². The standard InChI is InChI=1S/C20H27N3OS/c1-22-7-4-17(12-24-13-18-3-2-6-21-10-18)9-20(22)15-23(16-20)11-19-5-8-25-14-19/h2-3,5-6,8,10,14,17H,4,7,9,11-13,15-16H2,1H3. The largest absolute Gasteiger partial charge is 0.376 e. The lowest BCUT2D eigenvalue weighted by molar-refractivity contribution is -0.0935. The number of piperidine rings is 1. The highest BCUT2D eigenvalue weighted by Crippen LogP contribution is 2.39. The number of aromatic nitrogens is 1. The van der Waals surface area contributed by atoms with Crippen molar-refractivity contribution in [3.8, 4) is 0 Å². The van der Waals surface area contributed by atoms with Gasteiger partial charge in [-0.05, 0) is 66.4 Å². The summed E-state index contributed by atoms with van der Waals surface area (Å²) >= 11 is 1.79. The van der Waals surface area contributed by atoms with Crippen molar-refractivity contribution in [2.45, 2.75) is 31.5 Å². The summed E-state index contributed by atoms with van der Waals surface area (Å²) in [5, 5.41) is 4.44. The molecule has 25 heavy (non-hydrogen) atoms. The molecule has 1 spiro atoms. The molecule has 0 bridgehead atoms. The van der Waals surface area contributed by atoms with Crippen LogP contribution in [0.5, 0.6) is 0 Å². The fourth-order valence-corrected chi connectivity index (χ4v) is 4.95. The average molecular weight is 358 g/mol. The van der Waals surface area contributed by atoms with Crippen LogP contribution in [0.3, 0.4) is 0 Å². The molecular weight excluding hydrogens is 330 g/mol. The predicted octanol–water partition coefficient (Wildman–Crippen LogP) is 3.26. The molecule has 0 saturated carbocycles. The summed E-state index contributed by atoms with van der Waals surface area (Å²) in [5.41, 5.74) is 2.99. The molecule has 2 aromatic rings. The van der Waals surface area contributed by atoms with Crippen molar-refractivity contribution in [1.82, 2.24) is 14.8 Å². The van der Waals surface area contributed by atoms with Crippen LogP contribution in [-0.2, 0) is 17.9 Å². The van der Waals surface area contributed by atoms with Gasteiger partial charge in [0.25, 0.3) is 0 Å². The van der Waals surface area contributed by atoms with Crippen LogP contribution in [0.4, 0.5) is 0 Å². The van der Waals surface area contributed by atoms with Crippen LogP contribution in [0.2, 0.25) is 0 Å². The van der Waals surface area contributed by atoms with Crippen LogP contribution in [-0.4, -0.2) is 53.6 Å². The number of nitrogens with zero attached hydrogens (tertiary/aromatic N) is 3. The Balaban J connectivity index is 1.26. The number of thiophene rings is 1. The minimum atomic E-state index is 0.372. The van der Waals surface area contributed by atoms with Gasteiger partial charge >= 0.3 is 0 Å². The molecule has 0 N–H and O–H groups in total. The molecule has 0 aliphatic carbocycles. The third kappa shape index (κ3) is 3.95. The molecule has 2 aliphatic heterocycles. The number of pyridine rings is 1.